The number of phenolic OH excluding ortho intramolecular Hbond substituents is 1. The highest BCUT2D eigenvalue weighted by Crippen LogP contribution is 2.22. The van der Waals surface area contributed by atoms with Gasteiger partial charge in [0.15, 0.2) is 5.78 Å². The quantitative estimate of drug-likeness (QED) is 0.318. The highest BCUT2D eigenvalue weighted by atomic mass is 16.3. The molecule has 0 fully saturated rings. The van der Waals surface area contributed by atoms with Crippen molar-refractivity contribution < 1.29 is 9.90 Å². The van der Waals surface area contributed by atoms with Crippen LogP contribution in [0.5, 0.6) is 5.75 Å². The summed E-state index contributed by atoms with van der Waals surface area (Å²) in [6.07, 6.45) is 7.38. The zero-order chi connectivity index (χ0) is 13.4. The third-order valence-electron chi connectivity index (χ3n) is 3.08. The Labute approximate surface area is 109 Å². The van der Waals surface area contributed by atoms with E-state index in [0.717, 1.165) is 12.8 Å². The SMILES string of the molecule is CCCCCCCCC(=O)c1cc(N)ccc1O. The maximum atomic E-state index is 11.9. The summed E-state index contributed by atoms with van der Waals surface area (Å²) in [4.78, 5) is 11.9. The van der Waals surface area contributed by atoms with E-state index in [9.17, 15) is 9.90 Å². The average Bonchev–Trinajstić information content (AvgIpc) is 2.36. The first-order chi connectivity index (χ1) is 8.65. The van der Waals surface area contributed by atoms with Crippen LogP contribution in [0.15, 0.2) is 18.2 Å². The van der Waals surface area contributed by atoms with E-state index in [1.165, 1.54) is 31.7 Å². The normalized spacial score (nSPS) is 10.5. The van der Waals surface area contributed by atoms with Crippen molar-refractivity contribution in [3.63, 3.8) is 0 Å². The number of nitrogen functional groups attached to an aromatic ring is 1. The summed E-state index contributed by atoms with van der Waals surface area (Å²) in [7, 11) is 0. The lowest BCUT2D eigenvalue weighted by Crippen LogP contribution is -2.00. The fraction of sp³-hybridized carbons (Fsp3) is 0.533. The second kappa shape index (κ2) is 7.75. The lowest BCUT2D eigenvalue weighted by molar-refractivity contribution is 0.0976. The van der Waals surface area contributed by atoms with Crippen LogP contribution >= 0.6 is 0 Å². The molecule has 1 aromatic carbocycles. The highest BCUT2D eigenvalue weighted by molar-refractivity contribution is 5.99. The topological polar surface area (TPSA) is 63.3 Å². The molecule has 0 bridgehead atoms. The average molecular weight is 249 g/mol. The third-order valence-corrected chi connectivity index (χ3v) is 3.08. The lowest BCUT2D eigenvalue weighted by Gasteiger charge is -2.05. The Hall–Kier alpha value is -1.51. The fourth-order valence-electron chi connectivity index (χ4n) is 1.98. The minimum atomic E-state index is -0.0182. The molecule has 0 spiro atoms. The lowest BCUT2D eigenvalue weighted by atomic mass is 10.0. The van der Waals surface area contributed by atoms with Crippen LogP contribution in [0.3, 0.4) is 0 Å². The monoisotopic (exact) mass is 249 g/mol. The van der Waals surface area contributed by atoms with Crippen molar-refractivity contribution in [3.05, 3.63) is 23.8 Å². The smallest absolute Gasteiger partial charge is 0.166 e. The maximum absolute atomic E-state index is 11.9. The summed E-state index contributed by atoms with van der Waals surface area (Å²) in [5.41, 5.74) is 6.48. The van der Waals surface area contributed by atoms with E-state index in [0.29, 0.717) is 17.7 Å². The molecule has 0 unspecified atom stereocenters. The zero-order valence-corrected chi connectivity index (χ0v) is 11.1. The number of Topliss-reactive ketones (excluding diaryl/α,β-unsaturated/α-hetero) is 1. The summed E-state index contributed by atoms with van der Waals surface area (Å²) in [6, 6.07) is 4.62. The first kappa shape index (κ1) is 14.6. The van der Waals surface area contributed by atoms with E-state index >= 15 is 0 Å². The molecule has 0 aliphatic carbocycles. The third kappa shape index (κ3) is 4.78. The molecule has 0 heterocycles. The number of carbonyl (C=O) groups is 1. The first-order valence-corrected chi connectivity index (χ1v) is 6.77. The van der Waals surface area contributed by atoms with Crippen molar-refractivity contribution in [1.82, 2.24) is 0 Å². The van der Waals surface area contributed by atoms with Crippen LogP contribution in [-0.2, 0) is 0 Å². The molecule has 0 saturated heterocycles. The van der Waals surface area contributed by atoms with Gasteiger partial charge in [-0.3, -0.25) is 4.79 Å². The molecule has 18 heavy (non-hydrogen) atoms. The Bertz CT molecular complexity index is 388. The van der Waals surface area contributed by atoms with Crippen molar-refractivity contribution in [3.8, 4) is 5.75 Å². The number of aromatic hydroxyl groups is 1. The predicted molar refractivity (Wildman–Crippen MR) is 74.8 cm³/mol. The molecule has 0 amide bonds. The number of carbonyl (C=O) groups excluding carboxylic acids is 1. The molecular formula is C15H23NO2. The minimum Gasteiger partial charge on any atom is -0.507 e. The molecule has 100 valence electrons. The van der Waals surface area contributed by atoms with Crippen molar-refractivity contribution in [1.29, 1.82) is 0 Å². The van der Waals surface area contributed by atoms with Gasteiger partial charge in [0, 0.05) is 12.1 Å². The predicted octanol–water partition coefficient (Wildman–Crippen LogP) is 3.91. The van der Waals surface area contributed by atoms with Crippen LogP contribution in [0.4, 0.5) is 5.69 Å². The van der Waals surface area contributed by atoms with E-state index in [1.807, 2.05) is 0 Å². The second-order valence-corrected chi connectivity index (χ2v) is 4.72. The van der Waals surface area contributed by atoms with E-state index in [1.54, 1.807) is 12.1 Å². The number of unbranched alkanes of at least 4 members (excludes halogenated alkanes) is 5. The van der Waals surface area contributed by atoms with Crippen molar-refractivity contribution in [2.45, 2.75) is 51.9 Å². The summed E-state index contributed by atoms with van der Waals surface area (Å²) in [5.74, 6) is 0.00970. The van der Waals surface area contributed by atoms with E-state index in [4.69, 9.17) is 5.73 Å². The van der Waals surface area contributed by atoms with Crippen molar-refractivity contribution in [2.24, 2.45) is 0 Å². The van der Waals surface area contributed by atoms with Crippen LogP contribution in [0, 0.1) is 0 Å². The maximum Gasteiger partial charge on any atom is 0.166 e. The van der Waals surface area contributed by atoms with E-state index in [-0.39, 0.29) is 11.5 Å². The molecule has 3 heteroatoms. The first-order valence-electron chi connectivity index (χ1n) is 6.77. The van der Waals surface area contributed by atoms with E-state index < -0.39 is 0 Å². The van der Waals surface area contributed by atoms with Gasteiger partial charge < -0.3 is 10.8 Å². The summed E-state index contributed by atoms with van der Waals surface area (Å²) < 4.78 is 0. The minimum absolute atomic E-state index is 0.0182. The molecule has 1 rings (SSSR count). The van der Waals surface area contributed by atoms with E-state index in [2.05, 4.69) is 6.92 Å². The van der Waals surface area contributed by atoms with Crippen molar-refractivity contribution in [2.75, 3.05) is 5.73 Å². The fourth-order valence-corrected chi connectivity index (χ4v) is 1.98. The summed E-state index contributed by atoms with van der Waals surface area (Å²) in [6.45, 7) is 2.19. The molecule has 0 saturated carbocycles. The number of benzene rings is 1. The largest absolute Gasteiger partial charge is 0.507 e. The molecular weight excluding hydrogens is 226 g/mol. The van der Waals surface area contributed by atoms with Crippen LogP contribution in [0.25, 0.3) is 0 Å². The van der Waals surface area contributed by atoms with Gasteiger partial charge in [0.1, 0.15) is 5.75 Å². The number of nitrogens with two attached hydrogens (primary N) is 1. The molecule has 3 N–H and O–H groups in total. The molecule has 0 aliphatic heterocycles. The van der Waals surface area contributed by atoms with Crippen LogP contribution < -0.4 is 5.73 Å². The second-order valence-electron chi connectivity index (χ2n) is 4.72. The number of ketones is 1. The highest BCUT2D eigenvalue weighted by Gasteiger charge is 2.10. The Morgan fingerprint density at radius 2 is 1.83 bits per heavy atom. The standard InChI is InChI=1S/C15H23NO2/c1-2-3-4-5-6-7-8-14(17)13-11-12(16)9-10-15(13)18/h9-11,18H,2-8,16H2,1H3. The Kier molecular flexibility index (Phi) is 6.26. The number of hydrogen-bond donors (Lipinski definition) is 2. The van der Waals surface area contributed by atoms with Gasteiger partial charge in [-0.2, -0.15) is 0 Å². The number of phenols is 1. The van der Waals surface area contributed by atoms with Gasteiger partial charge in [-0.15, -0.1) is 0 Å². The number of rotatable bonds is 8. The Balaban J connectivity index is 2.34. The van der Waals surface area contributed by atoms with Crippen LogP contribution in [0.1, 0.15) is 62.2 Å². The summed E-state index contributed by atoms with van der Waals surface area (Å²) in [5, 5.41) is 9.60. The van der Waals surface area contributed by atoms with Gasteiger partial charge in [-0.1, -0.05) is 39.0 Å². The molecule has 0 aliphatic rings. The van der Waals surface area contributed by atoms with Crippen molar-refractivity contribution >= 4 is 11.5 Å². The Morgan fingerprint density at radius 1 is 1.17 bits per heavy atom. The number of anilines is 1. The molecule has 0 atom stereocenters. The molecule has 0 aromatic heterocycles. The van der Waals surface area contributed by atoms with Crippen LogP contribution in [0.2, 0.25) is 0 Å². The Morgan fingerprint density at radius 3 is 2.56 bits per heavy atom. The molecule has 1 aromatic rings. The van der Waals surface area contributed by atoms with Gasteiger partial charge in [0.05, 0.1) is 5.56 Å². The van der Waals surface area contributed by atoms with Gasteiger partial charge in [-0.05, 0) is 24.6 Å². The summed E-state index contributed by atoms with van der Waals surface area (Å²) >= 11 is 0. The van der Waals surface area contributed by atoms with Gasteiger partial charge in [0.2, 0.25) is 0 Å². The zero-order valence-electron chi connectivity index (χ0n) is 11.1. The molecule has 3 nitrogen and oxygen atoms in total. The number of hydrogen-bond acceptors (Lipinski definition) is 3. The van der Waals surface area contributed by atoms with Crippen LogP contribution in [-0.4, -0.2) is 10.9 Å². The van der Waals surface area contributed by atoms with Gasteiger partial charge >= 0.3 is 0 Å². The van der Waals surface area contributed by atoms with Gasteiger partial charge in [-0.25, -0.2) is 0 Å². The van der Waals surface area contributed by atoms with Gasteiger partial charge in [0.25, 0.3) is 0 Å². The molecule has 0 radical (unpaired) electrons.